The first-order valence-corrected chi connectivity index (χ1v) is 24.4. The van der Waals surface area contributed by atoms with E-state index in [1.807, 2.05) is 7.05 Å². The topological polar surface area (TPSA) is 68.3 Å². The van der Waals surface area contributed by atoms with Crippen LogP contribution >= 0.6 is 0 Å². The van der Waals surface area contributed by atoms with Gasteiger partial charge in [0.05, 0.1) is 19.5 Å². The molecule has 0 rings (SSSR count). The van der Waals surface area contributed by atoms with E-state index in [0.717, 1.165) is 83.4 Å². The van der Waals surface area contributed by atoms with Gasteiger partial charge in [-0.2, -0.15) is 0 Å². The molecule has 0 fully saturated rings. The number of hydrogen-bond donors (Lipinski definition) is 0. The van der Waals surface area contributed by atoms with Gasteiger partial charge in [-0.1, -0.05) is 169 Å². The molecule has 0 aliphatic heterocycles. The number of hydrogen-bond acceptors (Lipinski definition) is 6. The molecule has 0 radical (unpaired) electrons. The quantitative estimate of drug-likeness (QED) is 0.0348. The van der Waals surface area contributed by atoms with Crippen LogP contribution in [0, 0.1) is 0 Å². The number of ether oxygens (including phenoxy) is 3. The number of carbonyl (C=O) groups excluding carboxylic acids is 2. The molecule has 0 saturated heterocycles. The zero-order valence-corrected chi connectivity index (χ0v) is 38.3. The molecule has 0 heterocycles. The Morgan fingerprint density at radius 1 is 0.500 bits per heavy atom. The van der Waals surface area contributed by atoms with Crippen LogP contribution in [0.25, 0.3) is 0 Å². The number of esters is 1. The molecule has 0 unspecified atom stereocenters. The maximum atomic E-state index is 12.8. The predicted molar refractivity (Wildman–Crippen MR) is 240 cm³/mol. The number of carbonyl (C=O) groups is 2. The molecule has 7 heteroatoms. The molecule has 0 aliphatic rings. The van der Waals surface area contributed by atoms with Gasteiger partial charge in [0.1, 0.15) is 6.10 Å². The average molecular weight is 793 g/mol. The Bertz CT molecular complexity index is 851. The number of methoxy groups -OCH3 is 1. The van der Waals surface area contributed by atoms with E-state index >= 15 is 0 Å². The Kier molecular flexibility index (Phi) is 41.5. The summed E-state index contributed by atoms with van der Waals surface area (Å²) < 4.78 is 16.8. The molecule has 0 atom stereocenters. The molecule has 7 nitrogen and oxygen atoms in total. The van der Waals surface area contributed by atoms with Crippen molar-refractivity contribution in [1.82, 2.24) is 9.80 Å². The van der Waals surface area contributed by atoms with Gasteiger partial charge in [0.2, 0.25) is 0 Å². The van der Waals surface area contributed by atoms with Crippen molar-refractivity contribution in [3.63, 3.8) is 0 Å². The highest BCUT2D eigenvalue weighted by atomic mass is 16.5. The van der Waals surface area contributed by atoms with Gasteiger partial charge in [0, 0.05) is 26.4 Å². The van der Waals surface area contributed by atoms with Crippen molar-refractivity contribution >= 4 is 12.1 Å². The standard InChI is InChI=1S/C49H96N2O5/c1-7-10-13-16-19-28-35-45-55-46(4)37-29-22-20-26-33-42-51(44-36-41-50(5)49(53)54-6)43-34-27-21-25-32-40-48(52)56-47(38-30-23-17-14-11-8-2)39-31-24-18-15-12-9-3/h47H,4,7-45H2,1-3,5-6H3. The van der Waals surface area contributed by atoms with Crippen molar-refractivity contribution in [3.8, 4) is 0 Å². The normalized spacial score (nSPS) is 11.4. The number of amides is 1. The largest absolute Gasteiger partial charge is 0.499 e. The summed E-state index contributed by atoms with van der Waals surface area (Å²) in [6.07, 6.45) is 40.6. The van der Waals surface area contributed by atoms with Gasteiger partial charge in [-0.15, -0.1) is 0 Å². The van der Waals surface area contributed by atoms with Crippen molar-refractivity contribution in [1.29, 1.82) is 0 Å². The summed E-state index contributed by atoms with van der Waals surface area (Å²) in [7, 11) is 3.26. The van der Waals surface area contributed by atoms with Crippen LogP contribution < -0.4 is 0 Å². The first kappa shape index (κ1) is 54.2. The highest BCUT2D eigenvalue weighted by Crippen LogP contribution is 2.19. The average Bonchev–Trinajstić information content (AvgIpc) is 3.19. The van der Waals surface area contributed by atoms with Crippen LogP contribution in [0.4, 0.5) is 4.79 Å². The SMILES string of the molecule is C=C(CCCCCCCN(CCCCCCCC(=O)OC(CCCCCCCC)CCCCCCCC)CCCN(C)C(=O)OC)OCCCCCCCCC. The van der Waals surface area contributed by atoms with Gasteiger partial charge in [-0.3, -0.25) is 4.79 Å². The molecule has 0 aromatic carbocycles. The Labute approximate surface area is 349 Å². The summed E-state index contributed by atoms with van der Waals surface area (Å²) in [4.78, 5) is 28.9. The summed E-state index contributed by atoms with van der Waals surface area (Å²) >= 11 is 0. The van der Waals surface area contributed by atoms with Crippen molar-refractivity contribution in [2.45, 2.75) is 245 Å². The van der Waals surface area contributed by atoms with E-state index in [2.05, 4.69) is 32.3 Å². The zero-order chi connectivity index (χ0) is 41.2. The fourth-order valence-corrected chi connectivity index (χ4v) is 7.60. The van der Waals surface area contributed by atoms with E-state index in [1.54, 1.807) is 4.90 Å². The van der Waals surface area contributed by atoms with Gasteiger partial charge in [0.15, 0.2) is 0 Å². The lowest BCUT2D eigenvalue weighted by atomic mass is 10.0. The molecule has 1 amide bonds. The first-order valence-electron chi connectivity index (χ1n) is 24.4. The lowest BCUT2D eigenvalue weighted by Crippen LogP contribution is -2.32. The monoisotopic (exact) mass is 793 g/mol. The minimum atomic E-state index is -0.266. The van der Waals surface area contributed by atoms with Crippen LogP contribution in [0.15, 0.2) is 12.3 Å². The van der Waals surface area contributed by atoms with Gasteiger partial charge >= 0.3 is 12.1 Å². The molecule has 332 valence electrons. The molecular weight excluding hydrogens is 697 g/mol. The Morgan fingerprint density at radius 2 is 0.911 bits per heavy atom. The second kappa shape index (κ2) is 42.8. The predicted octanol–water partition coefficient (Wildman–Crippen LogP) is 14.8. The Hall–Kier alpha value is -1.76. The van der Waals surface area contributed by atoms with Crippen molar-refractivity contribution in [2.75, 3.05) is 46.9 Å². The van der Waals surface area contributed by atoms with Gasteiger partial charge in [-0.05, 0) is 83.8 Å². The summed E-state index contributed by atoms with van der Waals surface area (Å²) in [5, 5.41) is 0. The minimum Gasteiger partial charge on any atom is -0.499 e. The van der Waals surface area contributed by atoms with E-state index in [9.17, 15) is 9.59 Å². The molecule has 0 aliphatic carbocycles. The maximum absolute atomic E-state index is 12.8. The van der Waals surface area contributed by atoms with Crippen LogP contribution in [0.1, 0.15) is 239 Å². The summed E-state index contributed by atoms with van der Waals surface area (Å²) in [6, 6.07) is 0. The second-order valence-corrected chi connectivity index (χ2v) is 16.9. The fraction of sp³-hybridized carbons (Fsp3) is 0.918. The number of rotatable bonds is 44. The minimum absolute atomic E-state index is 0.0205. The van der Waals surface area contributed by atoms with E-state index in [4.69, 9.17) is 14.2 Å². The smallest absolute Gasteiger partial charge is 0.409 e. The van der Waals surface area contributed by atoms with Crippen molar-refractivity contribution in [3.05, 3.63) is 12.3 Å². The van der Waals surface area contributed by atoms with Crippen LogP contribution in [-0.2, 0) is 19.0 Å². The lowest BCUT2D eigenvalue weighted by Gasteiger charge is -2.24. The molecule has 0 N–H and O–H groups in total. The van der Waals surface area contributed by atoms with E-state index in [1.165, 1.54) is 168 Å². The number of allylic oxidation sites excluding steroid dienone is 1. The highest BCUT2D eigenvalue weighted by Gasteiger charge is 2.15. The Balaban J connectivity index is 4.37. The number of unbranched alkanes of at least 4 members (excludes halogenated alkanes) is 24. The Morgan fingerprint density at radius 3 is 1.41 bits per heavy atom. The lowest BCUT2D eigenvalue weighted by molar-refractivity contribution is -0.150. The van der Waals surface area contributed by atoms with E-state index < -0.39 is 0 Å². The summed E-state index contributed by atoms with van der Waals surface area (Å²) in [5.74, 6) is 0.984. The van der Waals surface area contributed by atoms with Crippen LogP contribution in [-0.4, -0.2) is 74.9 Å². The first-order chi connectivity index (χ1) is 27.4. The third-order valence-corrected chi connectivity index (χ3v) is 11.4. The zero-order valence-electron chi connectivity index (χ0n) is 38.3. The highest BCUT2D eigenvalue weighted by molar-refractivity contribution is 5.69. The second-order valence-electron chi connectivity index (χ2n) is 16.9. The van der Waals surface area contributed by atoms with Crippen LogP contribution in [0.3, 0.4) is 0 Å². The van der Waals surface area contributed by atoms with E-state index in [-0.39, 0.29) is 18.2 Å². The third kappa shape index (κ3) is 37.8. The molecule has 0 spiro atoms. The van der Waals surface area contributed by atoms with Gasteiger partial charge in [-0.25, -0.2) is 4.79 Å². The molecular formula is C49H96N2O5. The van der Waals surface area contributed by atoms with Crippen molar-refractivity contribution < 1.29 is 23.8 Å². The molecule has 0 saturated carbocycles. The fourth-order valence-electron chi connectivity index (χ4n) is 7.60. The molecule has 0 aromatic rings. The van der Waals surface area contributed by atoms with E-state index in [0.29, 0.717) is 13.0 Å². The molecule has 0 bridgehead atoms. The molecule has 56 heavy (non-hydrogen) atoms. The summed E-state index contributed by atoms with van der Waals surface area (Å²) in [6.45, 7) is 15.7. The van der Waals surface area contributed by atoms with Gasteiger partial charge < -0.3 is 24.0 Å². The maximum Gasteiger partial charge on any atom is 0.409 e. The molecule has 0 aromatic heterocycles. The van der Waals surface area contributed by atoms with Crippen LogP contribution in [0.5, 0.6) is 0 Å². The van der Waals surface area contributed by atoms with Crippen LogP contribution in [0.2, 0.25) is 0 Å². The summed E-state index contributed by atoms with van der Waals surface area (Å²) in [5.41, 5.74) is 0. The van der Waals surface area contributed by atoms with Crippen molar-refractivity contribution in [2.24, 2.45) is 0 Å². The number of nitrogens with zero attached hydrogens (tertiary/aromatic N) is 2. The third-order valence-electron chi connectivity index (χ3n) is 11.4. The van der Waals surface area contributed by atoms with Gasteiger partial charge in [0.25, 0.3) is 0 Å².